The van der Waals surface area contributed by atoms with E-state index in [1.54, 1.807) is 12.1 Å². The minimum absolute atomic E-state index is 0.202. The zero-order valence-corrected chi connectivity index (χ0v) is 19.3. The van der Waals surface area contributed by atoms with Crippen molar-refractivity contribution < 1.29 is 13.9 Å². The number of amides is 1. The lowest BCUT2D eigenvalue weighted by Crippen LogP contribution is -2.09. The molecular weight excluding hydrogens is 410 g/mol. The van der Waals surface area contributed by atoms with Gasteiger partial charge >= 0.3 is 0 Å². The molecule has 1 aromatic heterocycles. The van der Waals surface area contributed by atoms with Gasteiger partial charge in [0.1, 0.15) is 17.1 Å². The van der Waals surface area contributed by atoms with Crippen molar-refractivity contribution in [2.75, 3.05) is 11.9 Å². The molecule has 2 aromatic carbocycles. The zero-order chi connectivity index (χ0) is 22.1. The van der Waals surface area contributed by atoms with Crippen LogP contribution in [-0.4, -0.2) is 12.5 Å². The van der Waals surface area contributed by atoms with Crippen LogP contribution in [0.3, 0.4) is 0 Å². The smallest absolute Gasteiger partial charge is 0.248 e. The third-order valence-corrected chi connectivity index (χ3v) is 6.33. The fraction of sp³-hybridized carbons (Fsp3) is 0.346. The maximum atomic E-state index is 12.7. The molecule has 0 saturated heterocycles. The fourth-order valence-corrected chi connectivity index (χ4v) is 4.46. The van der Waals surface area contributed by atoms with E-state index in [0.717, 1.165) is 57.6 Å². The summed E-state index contributed by atoms with van der Waals surface area (Å²) in [5.41, 5.74) is 6.62. The molecule has 1 aliphatic rings. The highest BCUT2D eigenvalue weighted by Gasteiger charge is 2.23. The number of aryl methyl sites for hydroxylation is 4. The minimum Gasteiger partial charge on any atom is -0.493 e. The van der Waals surface area contributed by atoms with Crippen molar-refractivity contribution in [2.24, 2.45) is 0 Å². The van der Waals surface area contributed by atoms with Crippen LogP contribution in [0.15, 0.2) is 34.8 Å². The Kier molecular flexibility index (Phi) is 6.10. The summed E-state index contributed by atoms with van der Waals surface area (Å²) in [7, 11) is 0. The van der Waals surface area contributed by atoms with Crippen LogP contribution in [-0.2, 0) is 17.6 Å². The van der Waals surface area contributed by atoms with E-state index in [2.05, 4.69) is 11.4 Å². The van der Waals surface area contributed by atoms with E-state index in [9.17, 15) is 4.79 Å². The number of carbonyl (C=O) groups is 1. The molecule has 0 spiro atoms. The molecule has 0 saturated carbocycles. The van der Waals surface area contributed by atoms with Gasteiger partial charge in [-0.1, -0.05) is 17.7 Å². The molecule has 0 unspecified atom stereocenters. The molecule has 1 aliphatic carbocycles. The van der Waals surface area contributed by atoms with Gasteiger partial charge in [-0.05, 0) is 76.3 Å². The van der Waals surface area contributed by atoms with E-state index in [1.807, 2.05) is 39.8 Å². The van der Waals surface area contributed by atoms with Gasteiger partial charge in [0, 0.05) is 45.3 Å². The average Bonchev–Trinajstić information content (AvgIpc) is 3.11. The van der Waals surface area contributed by atoms with Crippen molar-refractivity contribution in [3.8, 4) is 5.75 Å². The maximum absolute atomic E-state index is 12.7. The topological polar surface area (TPSA) is 51.5 Å². The highest BCUT2D eigenvalue weighted by Crippen LogP contribution is 2.41. The second-order valence-electron chi connectivity index (χ2n) is 8.18. The summed E-state index contributed by atoms with van der Waals surface area (Å²) < 4.78 is 12.2. The highest BCUT2D eigenvalue weighted by atomic mass is 35.5. The number of ether oxygens (including phenoxy) is 1. The van der Waals surface area contributed by atoms with Gasteiger partial charge in [0.2, 0.25) is 5.91 Å². The monoisotopic (exact) mass is 437 g/mol. The van der Waals surface area contributed by atoms with Crippen LogP contribution in [0.5, 0.6) is 5.75 Å². The third-order valence-electron chi connectivity index (χ3n) is 5.93. The van der Waals surface area contributed by atoms with E-state index in [0.29, 0.717) is 17.3 Å². The molecule has 0 radical (unpaired) electrons. The molecule has 3 aromatic rings. The molecule has 4 nitrogen and oxygen atoms in total. The predicted octanol–water partition coefficient (Wildman–Crippen LogP) is 7.02. The molecule has 1 amide bonds. The van der Waals surface area contributed by atoms with Crippen molar-refractivity contribution in [3.05, 3.63) is 63.4 Å². The first kappa shape index (κ1) is 21.5. The third kappa shape index (κ3) is 4.22. The second-order valence-corrected chi connectivity index (χ2v) is 8.59. The van der Waals surface area contributed by atoms with Crippen molar-refractivity contribution in [3.63, 3.8) is 0 Å². The van der Waals surface area contributed by atoms with E-state index in [4.69, 9.17) is 20.8 Å². The van der Waals surface area contributed by atoms with Crippen LogP contribution in [0, 0.1) is 13.8 Å². The molecule has 162 valence electrons. The molecular formula is C26H28ClNO3. The lowest BCUT2D eigenvalue weighted by molar-refractivity contribution is -0.111. The predicted molar refractivity (Wildman–Crippen MR) is 127 cm³/mol. The van der Waals surface area contributed by atoms with Gasteiger partial charge in [0.15, 0.2) is 0 Å². The van der Waals surface area contributed by atoms with Gasteiger partial charge in [-0.25, -0.2) is 0 Å². The van der Waals surface area contributed by atoms with Gasteiger partial charge in [0.25, 0.3) is 0 Å². The number of fused-ring (bicyclic) bond motifs is 3. The fourth-order valence-electron chi connectivity index (χ4n) is 4.28. The first-order valence-corrected chi connectivity index (χ1v) is 11.2. The minimum atomic E-state index is -0.202. The van der Waals surface area contributed by atoms with Crippen LogP contribution >= 0.6 is 11.6 Å². The van der Waals surface area contributed by atoms with E-state index in [1.165, 1.54) is 18.4 Å². The molecule has 0 fully saturated rings. The number of carbonyl (C=O) groups excluding carboxylic acids is 1. The summed E-state index contributed by atoms with van der Waals surface area (Å²) in [6, 6.07) is 7.63. The quantitative estimate of drug-likeness (QED) is 0.436. The second kappa shape index (κ2) is 8.80. The molecule has 5 heteroatoms. The van der Waals surface area contributed by atoms with Crippen LogP contribution in [0.1, 0.15) is 54.7 Å². The van der Waals surface area contributed by atoms with Crippen LogP contribution < -0.4 is 10.1 Å². The highest BCUT2D eigenvalue weighted by molar-refractivity contribution is 6.31. The molecule has 0 atom stereocenters. The SMILES string of the molecule is CCOc1c(/C(C)=C/C(=O)Nc2ccc(C)c(Cl)c2)cc2c3c(oc2c1C)CCCC3. The molecule has 4 rings (SSSR count). The molecule has 0 bridgehead atoms. The summed E-state index contributed by atoms with van der Waals surface area (Å²) in [6.45, 7) is 8.42. The van der Waals surface area contributed by atoms with Crippen LogP contribution in [0.4, 0.5) is 5.69 Å². The summed E-state index contributed by atoms with van der Waals surface area (Å²) >= 11 is 6.18. The Hall–Kier alpha value is -2.72. The summed E-state index contributed by atoms with van der Waals surface area (Å²) in [6.07, 6.45) is 5.98. The Morgan fingerprint density at radius 1 is 1.23 bits per heavy atom. The molecule has 1 N–H and O–H groups in total. The number of hydrogen-bond donors (Lipinski definition) is 1. The van der Waals surface area contributed by atoms with Gasteiger partial charge in [-0.15, -0.1) is 0 Å². The normalized spacial score (nSPS) is 13.9. The zero-order valence-electron chi connectivity index (χ0n) is 18.5. The van der Waals surface area contributed by atoms with Crippen molar-refractivity contribution in [2.45, 2.75) is 53.4 Å². The largest absolute Gasteiger partial charge is 0.493 e. The van der Waals surface area contributed by atoms with E-state index < -0.39 is 0 Å². The standard InChI is InChI=1S/C26H28ClNO3/c1-5-30-25-17(4)26-21(19-8-6-7-9-23(19)31-26)14-20(25)16(3)12-24(29)28-18-11-10-15(2)22(27)13-18/h10-14H,5-9H2,1-4H3,(H,28,29)/b16-12+. The summed E-state index contributed by atoms with van der Waals surface area (Å²) in [4.78, 5) is 12.7. The van der Waals surface area contributed by atoms with Gasteiger partial charge in [-0.3, -0.25) is 4.79 Å². The Balaban J connectivity index is 1.73. The summed E-state index contributed by atoms with van der Waals surface area (Å²) in [5.74, 6) is 1.67. The van der Waals surface area contributed by atoms with Crippen molar-refractivity contribution >= 4 is 39.7 Å². The van der Waals surface area contributed by atoms with Crippen molar-refractivity contribution in [1.29, 1.82) is 0 Å². The number of benzene rings is 2. The Labute approximate surface area is 188 Å². The molecule has 31 heavy (non-hydrogen) atoms. The molecule has 1 heterocycles. The Morgan fingerprint density at radius 2 is 2.00 bits per heavy atom. The number of anilines is 1. The van der Waals surface area contributed by atoms with Gasteiger partial charge in [0.05, 0.1) is 6.61 Å². The number of halogens is 1. The summed E-state index contributed by atoms with van der Waals surface area (Å²) in [5, 5.41) is 4.67. The van der Waals surface area contributed by atoms with Crippen LogP contribution in [0.25, 0.3) is 16.5 Å². The van der Waals surface area contributed by atoms with Crippen molar-refractivity contribution in [1.82, 2.24) is 0 Å². The lowest BCUT2D eigenvalue weighted by atomic mass is 9.93. The first-order chi connectivity index (χ1) is 14.9. The van der Waals surface area contributed by atoms with E-state index >= 15 is 0 Å². The first-order valence-electron chi connectivity index (χ1n) is 10.9. The number of nitrogens with one attached hydrogen (secondary N) is 1. The Morgan fingerprint density at radius 3 is 2.74 bits per heavy atom. The number of allylic oxidation sites excluding steroid dienone is 1. The maximum Gasteiger partial charge on any atom is 0.248 e. The number of hydrogen-bond acceptors (Lipinski definition) is 3. The number of furan rings is 1. The van der Waals surface area contributed by atoms with E-state index in [-0.39, 0.29) is 5.91 Å². The molecule has 0 aliphatic heterocycles. The lowest BCUT2D eigenvalue weighted by Gasteiger charge is -2.15. The Bertz CT molecular complexity index is 1190. The average molecular weight is 438 g/mol. The van der Waals surface area contributed by atoms with Gasteiger partial charge in [-0.2, -0.15) is 0 Å². The number of rotatable bonds is 5. The van der Waals surface area contributed by atoms with Gasteiger partial charge < -0.3 is 14.5 Å². The van der Waals surface area contributed by atoms with Crippen LogP contribution in [0.2, 0.25) is 5.02 Å².